The number of carbonyl (C=O) groups excluding carboxylic acids is 1. The van der Waals surface area contributed by atoms with E-state index in [0.717, 1.165) is 22.6 Å². The van der Waals surface area contributed by atoms with E-state index in [1.807, 2.05) is 57.2 Å². The van der Waals surface area contributed by atoms with E-state index in [9.17, 15) is 4.79 Å². The van der Waals surface area contributed by atoms with Gasteiger partial charge < -0.3 is 14.8 Å². The third-order valence-electron chi connectivity index (χ3n) is 4.02. The van der Waals surface area contributed by atoms with Crippen LogP contribution < -0.4 is 14.8 Å². The van der Waals surface area contributed by atoms with Gasteiger partial charge in [0.15, 0.2) is 0 Å². The standard InChI is InChI=1S/C19H23NO3/c1-12-6-7-15(10-13(12)2)19(21)20-14(3)17-11-16(22-4)8-9-18(17)23-5/h6-11,14H,1-5H3,(H,20,21). The van der Waals surface area contributed by atoms with Crippen LogP contribution in [-0.2, 0) is 0 Å². The van der Waals surface area contributed by atoms with E-state index in [1.54, 1.807) is 14.2 Å². The van der Waals surface area contributed by atoms with E-state index in [1.165, 1.54) is 5.56 Å². The van der Waals surface area contributed by atoms with Gasteiger partial charge in [-0.15, -0.1) is 0 Å². The third kappa shape index (κ3) is 3.83. The lowest BCUT2D eigenvalue weighted by atomic mass is 10.0. The number of ether oxygens (including phenoxy) is 2. The molecular weight excluding hydrogens is 290 g/mol. The molecule has 0 saturated carbocycles. The number of methoxy groups -OCH3 is 2. The molecule has 1 unspecified atom stereocenters. The number of carbonyl (C=O) groups is 1. The molecule has 0 saturated heterocycles. The fraction of sp³-hybridized carbons (Fsp3) is 0.316. The summed E-state index contributed by atoms with van der Waals surface area (Å²) in [5, 5.41) is 3.01. The summed E-state index contributed by atoms with van der Waals surface area (Å²) in [5.74, 6) is 1.34. The Bertz CT molecular complexity index is 710. The summed E-state index contributed by atoms with van der Waals surface area (Å²) < 4.78 is 10.6. The first-order chi connectivity index (χ1) is 11.0. The van der Waals surface area contributed by atoms with Gasteiger partial charge in [0, 0.05) is 11.1 Å². The number of nitrogens with one attached hydrogen (secondary N) is 1. The molecule has 0 spiro atoms. The average Bonchev–Trinajstić information content (AvgIpc) is 2.56. The van der Waals surface area contributed by atoms with Gasteiger partial charge in [0.05, 0.1) is 20.3 Å². The zero-order chi connectivity index (χ0) is 17.0. The zero-order valence-electron chi connectivity index (χ0n) is 14.3. The molecular formula is C19H23NO3. The van der Waals surface area contributed by atoms with Crippen molar-refractivity contribution in [3.8, 4) is 11.5 Å². The number of hydrogen-bond acceptors (Lipinski definition) is 3. The summed E-state index contributed by atoms with van der Waals surface area (Å²) in [7, 11) is 3.23. The maximum atomic E-state index is 12.5. The highest BCUT2D eigenvalue weighted by Gasteiger charge is 2.16. The normalized spacial score (nSPS) is 11.7. The monoisotopic (exact) mass is 313 g/mol. The first-order valence-corrected chi connectivity index (χ1v) is 7.56. The molecule has 0 heterocycles. The van der Waals surface area contributed by atoms with E-state index in [4.69, 9.17) is 9.47 Å². The van der Waals surface area contributed by atoms with Crippen LogP contribution in [0.1, 0.15) is 40.0 Å². The Kier molecular flexibility index (Phi) is 5.27. The minimum absolute atomic E-state index is 0.106. The molecule has 0 aromatic heterocycles. The molecule has 4 heteroatoms. The molecule has 0 aliphatic carbocycles. The van der Waals surface area contributed by atoms with Crippen molar-refractivity contribution in [3.05, 3.63) is 58.7 Å². The highest BCUT2D eigenvalue weighted by atomic mass is 16.5. The van der Waals surface area contributed by atoms with Crippen molar-refractivity contribution in [1.82, 2.24) is 5.32 Å². The molecule has 1 amide bonds. The van der Waals surface area contributed by atoms with Gasteiger partial charge >= 0.3 is 0 Å². The Hall–Kier alpha value is -2.49. The average molecular weight is 313 g/mol. The van der Waals surface area contributed by atoms with E-state index in [-0.39, 0.29) is 11.9 Å². The van der Waals surface area contributed by atoms with Crippen LogP contribution in [0.2, 0.25) is 0 Å². The molecule has 0 aliphatic rings. The van der Waals surface area contributed by atoms with Crippen LogP contribution >= 0.6 is 0 Å². The van der Waals surface area contributed by atoms with Crippen molar-refractivity contribution < 1.29 is 14.3 Å². The smallest absolute Gasteiger partial charge is 0.251 e. The quantitative estimate of drug-likeness (QED) is 0.913. The van der Waals surface area contributed by atoms with Crippen molar-refractivity contribution in [3.63, 3.8) is 0 Å². The highest BCUT2D eigenvalue weighted by Crippen LogP contribution is 2.29. The molecule has 1 N–H and O–H groups in total. The first-order valence-electron chi connectivity index (χ1n) is 7.56. The number of hydrogen-bond donors (Lipinski definition) is 1. The maximum absolute atomic E-state index is 12.5. The summed E-state index contributed by atoms with van der Waals surface area (Å²) in [6.07, 6.45) is 0. The van der Waals surface area contributed by atoms with Gasteiger partial charge in [-0.3, -0.25) is 4.79 Å². The second kappa shape index (κ2) is 7.18. The number of aryl methyl sites for hydroxylation is 2. The molecule has 0 fully saturated rings. The van der Waals surface area contributed by atoms with Crippen LogP contribution in [0, 0.1) is 13.8 Å². The van der Waals surface area contributed by atoms with Crippen molar-refractivity contribution in [2.75, 3.05) is 14.2 Å². The largest absolute Gasteiger partial charge is 0.497 e. The minimum Gasteiger partial charge on any atom is -0.497 e. The second-order valence-corrected chi connectivity index (χ2v) is 5.60. The SMILES string of the molecule is COc1ccc(OC)c(C(C)NC(=O)c2ccc(C)c(C)c2)c1. The van der Waals surface area contributed by atoms with E-state index in [0.29, 0.717) is 5.56 Å². The lowest BCUT2D eigenvalue weighted by molar-refractivity contribution is 0.0939. The summed E-state index contributed by atoms with van der Waals surface area (Å²) >= 11 is 0. The Balaban J connectivity index is 2.22. The van der Waals surface area contributed by atoms with Crippen molar-refractivity contribution in [2.24, 2.45) is 0 Å². The fourth-order valence-electron chi connectivity index (χ4n) is 2.42. The summed E-state index contributed by atoms with van der Waals surface area (Å²) in [6, 6.07) is 11.1. The summed E-state index contributed by atoms with van der Waals surface area (Å²) in [6.45, 7) is 5.96. The maximum Gasteiger partial charge on any atom is 0.251 e. The molecule has 0 bridgehead atoms. The van der Waals surface area contributed by atoms with Crippen molar-refractivity contribution in [2.45, 2.75) is 26.8 Å². The van der Waals surface area contributed by atoms with Crippen LogP contribution in [0.25, 0.3) is 0 Å². The second-order valence-electron chi connectivity index (χ2n) is 5.60. The Morgan fingerprint density at radius 3 is 2.35 bits per heavy atom. The molecule has 2 aromatic carbocycles. The van der Waals surface area contributed by atoms with E-state index >= 15 is 0 Å². The van der Waals surface area contributed by atoms with E-state index < -0.39 is 0 Å². The van der Waals surface area contributed by atoms with Crippen molar-refractivity contribution >= 4 is 5.91 Å². The van der Waals surface area contributed by atoms with Gasteiger partial charge in [-0.1, -0.05) is 6.07 Å². The number of benzene rings is 2. The topological polar surface area (TPSA) is 47.6 Å². The third-order valence-corrected chi connectivity index (χ3v) is 4.02. The molecule has 1 atom stereocenters. The van der Waals surface area contributed by atoms with Crippen LogP contribution in [-0.4, -0.2) is 20.1 Å². The lowest BCUT2D eigenvalue weighted by Crippen LogP contribution is -2.27. The van der Waals surface area contributed by atoms with Gasteiger partial charge in [-0.2, -0.15) is 0 Å². The van der Waals surface area contributed by atoms with Gasteiger partial charge in [0.25, 0.3) is 5.91 Å². The van der Waals surface area contributed by atoms with E-state index in [2.05, 4.69) is 5.32 Å². The predicted molar refractivity (Wildman–Crippen MR) is 91.3 cm³/mol. The van der Waals surface area contributed by atoms with Crippen LogP contribution in [0.4, 0.5) is 0 Å². The van der Waals surface area contributed by atoms with Crippen LogP contribution in [0.15, 0.2) is 36.4 Å². The van der Waals surface area contributed by atoms with Gasteiger partial charge in [0.1, 0.15) is 11.5 Å². The predicted octanol–water partition coefficient (Wildman–Crippen LogP) is 3.81. The number of rotatable bonds is 5. The lowest BCUT2D eigenvalue weighted by Gasteiger charge is -2.18. The molecule has 2 aromatic rings. The highest BCUT2D eigenvalue weighted by molar-refractivity contribution is 5.94. The Labute approximate surface area is 137 Å². The van der Waals surface area contributed by atoms with Gasteiger partial charge in [-0.05, 0) is 62.2 Å². The Morgan fingerprint density at radius 2 is 1.74 bits per heavy atom. The minimum atomic E-state index is -0.200. The molecule has 2 rings (SSSR count). The van der Waals surface area contributed by atoms with Crippen LogP contribution in [0.5, 0.6) is 11.5 Å². The summed E-state index contributed by atoms with van der Waals surface area (Å²) in [4.78, 5) is 12.5. The van der Waals surface area contributed by atoms with Crippen molar-refractivity contribution in [1.29, 1.82) is 0 Å². The fourth-order valence-corrected chi connectivity index (χ4v) is 2.42. The zero-order valence-corrected chi connectivity index (χ0v) is 14.3. The molecule has 0 radical (unpaired) electrons. The summed E-state index contributed by atoms with van der Waals surface area (Å²) in [5.41, 5.74) is 3.80. The molecule has 4 nitrogen and oxygen atoms in total. The first kappa shape index (κ1) is 16.9. The molecule has 122 valence electrons. The number of amides is 1. The van der Waals surface area contributed by atoms with Gasteiger partial charge in [-0.25, -0.2) is 0 Å². The molecule has 0 aliphatic heterocycles. The Morgan fingerprint density at radius 1 is 1.00 bits per heavy atom. The molecule has 23 heavy (non-hydrogen) atoms. The van der Waals surface area contributed by atoms with Crippen LogP contribution in [0.3, 0.4) is 0 Å². The van der Waals surface area contributed by atoms with Gasteiger partial charge in [0.2, 0.25) is 0 Å².